The SMILES string of the molecule is C=CCC[C@H](C(=O)OCC)C(=O)N1[C@H](C(=O)OC)CO[C@@H]1C(C)(C)C. The van der Waals surface area contributed by atoms with Crippen molar-refractivity contribution in [3.63, 3.8) is 0 Å². The number of rotatable bonds is 7. The van der Waals surface area contributed by atoms with E-state index in [9.17, 15) is 14.4 Å². The highest BCUT2D eigenvalue weighted by Crippen LogP contribution is 2.34. The van der Waals surface area contributed by atoms with Crippen LogP contribution in [0.5, 0.6) is 0 Å². The Kier molecular flexibility index (Phi) is 7.60. The monoisotopic (exact) mass is 355 g/mol. The third kappa shape index (κ3) is 5.04. The standard InChI is InChI=1S/C18H29NO6/c1-7-9-10-12(15(21)24-8-2)14(20)19-13(16(22)23-6)11-25-17(19)18(3,4)5/h7,12-13,17H,1,8-11H2,2-6H3/t12-,13-,17+/m0/s1. The molecule has 1 aliphatic rings. The highest BCUT2D eigenvalue weighted by atomic mass is 16.6. The third-order valence-electron chi connectivity index (χ3n) is 4.00. The summed E-state index contributed by atoms with van der Waals surface area (Å²) in [6.07, 6.45) is 1.75. The minimum atomic E-state index is -1.00. The number of hydrogen-bond donors (Lipinski definition) is 0. The molecule has 0 aromatic carbocycles. The molecule has 7 nitrogen and oxygen atoms in total. The summed E-state index contributed by atoms with van der Waals surface area (Å²) in [6, 6.07) is -0.873. The molecule has 1 saturated heterocycles. The Balaban J connectivity index is 3.19. The van der Waals surface area contributed by atoms with Gasteiger partial charge in [0.25, 0.3) is 0 Å². The summed E-state index contributed by atoms with van der Waals surface area (Å²) in [5.74, 6) is -2.64. The molecule has 1 amide bonds. The van der Waals surface area contributed by atoms with E-state index in [2.05, 4.69) is 6.58 Å². The molecule has 142 valence electrons. The van der Waals surface area contributed by atoms with Crippen molar-refractivity contribution in [2.45, 2.75) is 52.8 Å². The zero-order chi connectivity index (χ0) is 19.2. The Bertz CT molecular complexity index is 510. The number of carbonyl (C=O) groups excluding carboxylic acids is 3. The van der Waals surface area contributed by atoms with Gasteiger partial charge in [-0.15, -0.1) is 6.58 Å². The number of hydrogen-bond acceptors (Lipinski definition) is 6. The Morgan fingerprint density at radius 2 is 2.00 bits per heavy atom. The Morgan fingerprint density at radius 1 is 1.36 bits per heavy atom. The molecule has 0 aromatic heterocycles. The van der Waals surface area contributed by atoms with Crippen LogP contribution in [0.15, 0.2) is 12.7 Å². The van der Waals surface area contributed by atoms with E-state index in [0.717, 1.165) is 0 Å². The molecule has 0 saturated carbocycles. The lowest BCUT2D eigenvalue weighted by atomic mass is 9.91. The fourth-order valence-electron chi connectivity index (χ4n) is 2.81. The molecule has 1 fully saturated rings. The molecular weight excluding hydrogens is 326 g/mol. The number of carbonyl (C=O) groups is 3. The molecule has 1 rings (SSSR count). The Hall–Kier alpha value is -1.89. The first-order valence-corrected chi connectivity index (χ1v) is 8.48. The van der Waals surface area contributed by atoms with E-state index >= 15 is 0 Å². The van der Waals surface area contributed by atoms with Crippen LogP contribution in [-0.2, 0) is 28.6 Å². The second-order valence-electron chi connectivity index (χ2n) is 7.01. The van der Waals surface area contributed by atoms with Gasteiger partial charge in [-0.05, 0) is 19.8 Å². The first-order valence-electron chi connectivity index (χ1n) is 8.48. The van der Waals surface area contributed by atoms with E-state index in [1.54, 1.807) is 13.0 Å². The number of nitrogens with zero attached hydrogens (tertiary/aromatic N) is 1. The van der Waals surface area contributed by atoms with Crippen LogP contribution in [0, 0.1) is 11.3 Å². The Labute approximate surface area is 149 Å². The van der Waals surface area contributed by atoms with Crippen LogP contribution in [0.4, 0.5) is 0 Å². The molecule has 0 aliphatic carbocycles. The zero-order valence-corrected chi connectivity index (χ0v) is 15.7. The summed E-state index contributed by atoms with van der Waals surface area (Å²) in [5, 5.41) is 0. The van der Waals surface area contributed by atoms with Gasteiger partial charge >= 0.3 is 11.9 Å². The van der Waals surface area contributed by atoms with Crippen molar-refractivity contribution in [2.75, 3.05) is 20.3 Å². The molecule has 25 heavy (non-hydrogen) atoms. The van der Waals surface area contributed by atoms with Crippen molar-refractivity contribution in [1.82, 2.24) is 4.90 Å². The van der Waals surface area contributed by atoms with E-state index in [-0.39, 0.29) is 19.6 Å². The zero-order valence-electron chi connectivity index (χ0n) is 15.7. The molecule has 1 heterocycles. The second-order valence-corrected chi connectivity index (χ2v) is 7.01. The second kappa shape index (κ2) is 8.99. The van der Waals surface area contributed by atoms with Gasteiger partial charge in [-0.2, -0.15) is 0 Å². The van der Waals surface area contributed by atoms with Gasteiger partial charge in [0.15, 0.2) is 6.04 Å². The molecule has 0 radical (unpaired) electrons. The van der Waals surface area contributed by atoms with Crippen LogP contribution in [-0.4, -0.2) is 55.3 Å². The summed E-state index contributed by atoms with van der Waals surface area (Å²) >= 11 is 0. The highest BCUT2D eigenvalue weighted by molar-refractivity contribution is 5.99. The summed E-state index contributed by atoms with van der Waals surface area (Å²) in [7, 11) is 1.26. The normalized spacial score (nSPS) is 21.6. The van der Waals surface area contributed by atoms with E-state index in [1.165, 1.54) is 12.0 Å². The molecule has 0 N–H and O–H groups in total. The maximum atomic E-state index is 13.2. The average molecular weight is 355 g/mol. The molecule has 7 heteroatoms. The number of methoxy groups -OCH3 is 1. The lowest BCUT2D eigenvalue weighted by Crippen LogP contribution is -2.53. The number of amides is 1. The number of ether oxygens (including phenoxy) is 3. The largest absolute Gasteiger partial charge is 0.467 e. The van der Waals surface area contributed by atoms with Crippen molar-refractivity contribution in [3.8, 4) is 0 Å². The van der Waals surface area contributed by atoms with E-state index in [0.29, 0.717) is 6.42 Å². The van der Waals surface area contributed by atoms with Gasteiger partial charge in [0.2, 0.25) is 5.91 Å². The molecule has 0 bridgehead atoms. The summed E-state index contributed by atoms with van der Waals surface area (Å²) in [6.45, 7) is 11.2. The average Bonchev–Trinajstić information content (AvgIpc) is 2.99. The van der Waals surface area contributed by atoms with Gasteiger partial charge < -0.3 is 14.2 Å². The first-order chi connectivity index (χ1) is 11.7. The molecule has 0 spiro atoms. The molecule has 0 aromatic rings. The summed E-state index contributed by atoms with van der Waals surface area (Å²) < 4.78 is 15.6. The molecular formula is C18H29NO6. The maximum absolute atomic E-state index is 13.2. The minimum absolute atomic E-state index is 0.0390. The van der Waals surface area contributed by atoms with Crippen LogP contribution in [0.25, 0.3) is 0 Å². The fourth-order valence-corrected chi connectivity index (χ4v) is 2.81. The van der Waals surface area contributed by atoms with Gasteiger partial charge in [-0.3, -0.25) is 14.5 Å². The van der Waals surface area contributed by atoms with Gasteiger partial charge in [-0.25, -0.2) is 4.79 Å². The van der Waals surface area contributed by atoms with Crippen LogP contribution in [0.1, 0.15) is 40.5 Å². The summed E-state index contributed by atoms with van der Waals surface area (Å²) in [5.41, 5.74) is -0.434. The quantitative estimate of drug-likeness (QED) is 0.394. The summed E-state index contributed by atoms with van der Waals surface area (Å²) in [4.78, 5) is 38.9. The molecule has 3 atom stereocenters. The minimum Gasteiger partial charge on any atom is -0.467 e. The van der Waals surface area contributed by atoms with Crippen molar-refractivity contribution in [3.05, 3.63) is 12.7 Å². The smallest absolute Gasteiger partial charge is 0.331 e. The van der Waals surface area contributed by atoms with Crippen LogP contribution in [0.2, 0.25) is 0 Å². The maximum Gasteiger partial charge on any atom is 0.331 e. The number of esters is 2. The lowest BCUT2D eigenvalue weighted by Gasteiger charge is -2.36. The highest BCUT2D eigenvalue weighted by Gasteiger charge is 2.50. The van der Waals surface area contributed by atoms with Crippen LogP contribution in [0.3, 0.4) is 0 Å². The fraction of sp³-hybridized carbons (Fsp3) is 0.722. The van der Waals surface area contributed by atoms with Gasteiger partial charge in [0.05, 0.1) is 20.3 Å². The molecule has 0 unspecified atom stereocenters. The van der Waals surface area contributed by atoms with Gasteiger partial charge in [0.1, 0.15) is 12.1 Å². The van der Waals surface area contributed by atoms with Gasteiger partial charge in [-0.1, -0.05) is 26.8 Å². The predicted molar refractivity (Wildman–Crippen MR) is 91.4 cm³/mol. The van der Waals surface area contributed by atoms with Crippen LogP contribution >= 0.6 is 0 Å². The van der Waals surface area contributed by atoms with Crippen molar-refractivity contribution in [2.24, 2.45) is 11.3 Å². The molecule has 1 aliphatic heterocycles. The van der Waals surface area contributed by atoms with E-state index in [1.807, 2.05) is 20.8 Å². The first kappa shape index (κ1) is 21.2. The topological polar surface area (TPSA) is 82.1 Å². The lowest BCUT2D eigenvalue weighted by molar-refractivity contribution is -0.165. The third-order valence-corrected chi connectivity index (χ3v) is 4.00. The Morgan fingerprint density at radius 3 is 2.48 bits per heavy atom. The van der Waals surface area contributed by atoms with Crippen molar-refractivity contribution < 1.29 is 28.6 Å². The van der Waals surface area contributed by atoms with Crippen molar-refractivity contribution in [1.29, 1.82) is 0 Å². The van der Waals surface area contributed by atoms with Crippen molar-refractivity contribution >= 4 is 17.8 Å². The van der Waals surface area contributed by atoms with Gasteiger partial charge in [0, 0.05) is 5.41 Å². The predicted octanol–water partition coefficient (Wildman–Crippen LogP) is 1.90. The van der Waals surface area contributed by atoms with Crippen LogP contribution < -0.4 is 0 Å². The van der Waals surface area contributed by atoms with E-state index < -0.39 is 41.4 Å². The number of allylic oxidation sites excluding steroid dienone is 1. The van der Waals surface area contributed by atoms with E-state index in [4.69, 9.17) is 14.2 Å².